The minimum atomic E-state index is 0.211. The van der Waals surface area contributed by atoms with E-state index in [-0.39, 0.29) is 5.91 Å². The third kappa shape index (κ3) is 4.74. The molecule has 24 heavy (non-hydrogen) atoms. The van der Waals surface area contributed by atoms with E-state index >= 15 is 0 Å². The van der Waals surface area contributed by atoms with Gasteiger partial charge in [0.15, 0.2) is 0 Å². The number of carbonyl (C=O) groups excluding carboxylic acids is 1. The number of aryl methyl sites for hydroxylation is 1. The molecule has 0 radical (unpaired) electrons. The van der Waals surface area contributed by atoms with Crippen molar-refractivity contribution in [3.8, 4) is 0 Å². The molecular formula is C19H21ClN2OS. The summed E-state index contributed by atoms with van der Waals surface area (Å²) in [6.07, 6.45) is 4.13. The van der Waals surface area contributed by atoms with Gasteiger partial charge < -0.3 is 4.90 Å². The number of hydrogen-bond acceptors (Lipinski definition) is 3. The van der Waals surface area contributed by atoms with Gasteiger partial charge in [0.25, 0.3) is 0 Å². The molecular weight excluding hydrogens is 340 g/mol. The average molecular weight is 361 g/mol. The van der Waals surface area contributed by atoms with Crippen LogP contribution >= 0.6 is 23.4 Å². The normalized spacial score (nSPS) is 17.0. The van der Waals surface area contributed by atoms with Gasteiger partial charge in [-0.1, -0.05) is 29.8 Å². The number of carbonyl (C=O) groups is 1. The highest BCUT2D eigenvalue weighted by atomic mass is 35.5. The lowest BCUT2D eigenvalue weighted by Crippen LogP contribution is -2.40. The molecule has 2 aromatic rings. The van der Waals surface area contributed by atoms with E-state index in [0.717, 1.165) is 40.6 Å². The Morgan fingerprint density at radius 3 is 2.75 bits per heavy atom. The second-order valence-electron chi connectivity index (χ2n) is 5.99. The first-order valence-corrected chi connectivity index (χ1v) is 9.77. The molecule has 1 amide bonds. The van der Waals surface area contributed by atoms with Crippen molar-refractivity contribution in [3.05, 3.63) is 64.9 Å². The monoisotopic (exact) mass is 360 g/mol. The molecule has 0 bridgehead atoms. The van der Waals surface area contributed by atoms with Crippen molar-refractivity contribution in [3.63, 3.8) is 0 Å². The van der Waals surface area contributed by atoms with Crippen molar-refractivity contribution >= 4 is 29.3 Å². The molecule has 2 heterocycles. The summed E-state index contributed by atoms with van der Waals surface area (Å²) >= 11 is 7.84. The van der Waals surface area contributed by atoms with Gasteiger partial charge in [0.1, 0.15) is 0 Å². The predicted octanol–water partition coefficient (Wildman–Crippen LogP) is 4.20. The highest BCUT2D eigenvalue weighted by Crippen LogP contribution is 2.24. The van der Waals surface area contributed by atoms with Crippen LogP contribution in [0.25, 0.3) is 0 Å². The van der Waals surface area contributed by atoms with Gasteiger partial charge in [0, 0.05) is 29.4 Å². The fourth-order valence-electron chi connectivity index (χ4n) is 2.90. The number of nitrogens with zero attached hydrogens (tertiary/aromatic N) is 2. The molecule has 1 saturated heterocycles. The van der Waals surface area contributed by atoms with Crippen LogP contribution in [0.1, 0.15) is 24.1 Å². The van der Waals surface area contributed by atoms with Crippen LogP contribution in [0.4, 0.5) is 0 Å². The molecule has 0 N–H and O–H groups in total. The number of hydrogen-bond donors (Lipinski definition) is 0. The van der Waals surface area contributed by atoms with Crippen LogP contribution in [-0.4, -0.2) is 33.3 Å². The number of pyridine rings is 1. The summed E-state index contributed by atoms with van der Waals surface area (Å²) in [4.78, 5) is 19.2. The van der Waals surface area contributed by atoms with Crippen LogP contribution in [0.2, 0.25) is 5.02 Å². The van der Waals surface area contributed by atoms with Gasteiger partial charge in [-0.2, -0.15) is 11.8 Å². The number of benzene rings is 1. The Kier molecular flexibility index (Phi) is 6.16. The van der Waals surface area contributed by atoms with Gasteiger partial charge in [0.05, 0.1) is 12.2 Å². The van der Waals surface area contributed by atoms with Gasteiger partial charge in [-0.05, 0) is 48.4 Å². The predicted molar refractivity (Wildman–Crippen MR) is 100 cm³/mol. The molecule has 3 nitrogen and oxygen atoms in total. The molecule has 1 aromatic heterocycles. The van der Waals surface area contributed by atoms with Crippen molar-refractivity contribution in [1.82, 2.24) is 9.88 Å². The summed E-state index contributed by atoms with van der Waals surface area (Å²) in [7, 11) is 0. The summed E-state index contributed by atoms with van der Waals surface area (Å²) in [5.41, 5.74) is 2.10. The molecule has 0 spiro atoms. The third-order valence-electron chi connectivity index (χ3n) is 4.27. The molecule has 0 aliphatic carbocycles. The largest absolute Gasteiger partial charge is 0.333 e. The minimum absolute atomic E-state index is 0.211. The van der Waals surface area contributed by atoms with Crippen LogP contribution < -0.4 is 0 Å². The van der Waals surface area contributed by atoms with Crippen molar-refractivity contribution in [2.45, 2.75) is 31.8 Å². The zero-order chi connectivity index (χ0) is 16.8. The van der Waals surface area contributed by atoms with Gasteiger partial charge >= 0.3 is 0 Å². The van der Waals surface area contributed by atoms with Crippen LogP contribution in [0.3, 0.4) is 0 Å². The molecule has 1 aliphatic heterocycles. The smallest absolute Gasteiger partial charge is 0.223 e. The van der Waals surface area contributed by atoms with E-state index in [4.69, 9.17) is 11.6 Å². The Labute approximate surface area is 152 Å². The van der Waals surface area contributed by atoms with E-state index in [9.17, 15) is 4.79 Å². The zero-order valence-electron chi connectivity index (χ0n) is 13.5. The highest BCUT2D eigenvalue weighted by Gasteiger charge is 2.27. The van der Waals surface area contributed by atoms with E-state index in [1.54, 1.807) is 6.20 Å². The fraction of sp³-hybridized carbons (Fsp3) is 0.368. The fourth-order valence-corrected chi connectivity index (χ4v) is 4.25. The van der Waals surface area contributed by atoms with Gasteiger partial charge in [-0.15, -0.1) is 0 Å². The summed E-state index contributed by atoms with van der Waals surface area (Å²) in [5.74, 6) is 2.37. The van der Waals surface area contributed by atoms with Gasteiger partial charge in [0.2, 0.25) is 5.91 Å². The number of aromatic nitrogens is 1. The summed E-state index contributed by atoms with van der Waals surface area (Å²) < 4.78 is 0. The lowest BCUT2D eigenvalue weighted by atomic mass is 10.1. The summed E-state index contributed by atoms with van der Waals surface area (Å²) in [6.45, 7) is 0.603. The second kappa shape index (κ2) is 8.54. The highest BCUT2D eigenvalue weighted by molar-refractivity contribution is 7.99. The third-order valence-corrected chi connectivity index (χ3v) is 5.66. The first kappa shape index (κ1) is 17.3. The number of amides is 1. The summed E-state index contributed by atoms with van der Waals surface area (Å²) in [6, 6.07) is 13.9. The quantitative estimate of drug-likeness (QED) is 0.774. The molecule has 0 saturated carbocycles. The van der Waals surface area contributed by atoms with E-state index in [0.29, 0.717) is 19.0 Å². The van der Waals surface area contributed by atoms with Crippen LogP contribution in [0.5, 0.6) is 0 Å². The SMILES string of the molecule is O=C(CCc1ccc(Cl)cc1)N(Cc1ccccn1)C1CCSC1. The van der Waals surface area contributed by atoms with E-state index in [1.807, 2.05) is 59.1 Å². The minimum Gasteiger partial charge on any atom is -0.333 e. The molecule has 1 aliphatic rings. The Morgan fingerprint density at radius 2 is 2.08 bits per heavy atom. The first-order chi connectivity index (χ1) is 11.7. The number of thioether (sulfide) groups is 1. The molecule has 126 valence electrons. The molecule has 3 rings (SSSR count). The molecule has 1 atom stereocenters. The van der Waals surface area contributed by atoms with Crippen molar-refractivity contribution in [1.29, 1.82) is 0 Å². The van der Waals surface area contributed by atoms with E-state index < -0.39 is 0 Å². The van der Waals surface area contributed by atoms with E-state index in [1.165, 1.54) is 0 Å². The Balaban J connectivity index is 1.65. The maximum atomic E-state index is 12.8. The van der Waals surface area contributed by atoms with Crippen LogP contribution in [0, 0.1) is 0 Å². The first-order valence-electron chi connectivity index (χ1n) is 8.24. The lowest BCUT2D eigenvalue weighted by Gasteiger charge is -2.28. The zero-order valence-corrected chi connectivity index (χ0v) is 15.1. The van der Waals surface area contributed by atoms with Gasteiger partial charge in [-0.25, -0.2) is 0 Å². The second-order valence-corrected chi connectivity index (χ2v) is 7.57. The maximum Gasteiger partial charge on any atom is 0.223 e. The lowest BCUT2D eigenvalue weighted by molar-refractivity contribution is -0.133. The average Bonchev–Trinajstić information content (AvgIpc) is 3.14. The Morgan fingerprint density at radius 1 is 1.25 bits per heavy atom. The van der Waals surface area contributed by atoms with Crippen LogP contribution in [0.15, 0.2) is 48.7 Å². The number of halogens is 1. The maximum absolute atomic E-state index is 12.8. The topological polar surface area (TPSA) is 33.2 Å². The summed E-state index contributed by atoms with van der Waals surface area (Å²) in [5, 5.41) is 0.727. The van der Waals surface area contributed by atoms with Gasteiger partial charge in [-0.3, -0.25) is 9.78 Å². The molecule has 1 unspecified atom stereocenters. The molecule has 5 heteroatoms. The molecule has 1 fully saturated rings. The van der Waals surface area contributed by atoms with Crippen molar-refractivity contribution in [2.75, 3.05) is 11.5 Å². The van der Waals surface area contributed by atoms with Crippen molar-refractivity contribution < 1.29 is 4.79 Å². The van der Waals surface area contributed by atoms with Crippen LogP contribution in [-0.2, 0) is 17.8 Å². The van der Waals surface area contributed by atoms with E-state index in [2.05, 4.69) is 4.98 Å². The van der Waals surface area contributed by atoms with Crippen molar-refractivity contribution in [2.24, 2.45) is 0 Å². The Hall–Kier alpha value is -1.52. The standard InChI is InChI=1S/C19H21ClN2OS/c20-16-7-4-15(5-8-16)6-9-19(23)22(18-10-12-24-14-18)13-17-3-1-2-11-21-17/h1-5,7-8,11,18H,6,9-10,12-14H2. The molecule has 1 aromatic carbocycles. The number of rotatable bonds is 6. The Bertz CT molecular complexity index is 657.